The van der Waals surface area contributed by atoms with Crippen molar-refractivity contribution in [3.8, 4) is 56.0 Å². The van der Waals surface area contributed by atoms with Gasteiger partial charge >= 0.3 is 0 Å². The summed E-state index contributed by atoms with van der Waals surface area (Å²) in [5, 5.41) is 7.67. The lowest BCUT2D eigenvalue weighted by Gasteiger charge is -2.41. The summed E-state index contributed by atoms with van der Waals surface area (Å²) < 4.78 is 19.6. The van der Waals surface area contributed by atoms with Gasteiger partial charge in [0.2, 0.25) is 0 Å². The first-order valence-corrected chi connectivity index (χ1v) is 34.4. The van der Waals surface area contributed by atoms with Crippen molar-refractivity contribution >= 4 is 131 Å². The molecule has 14 aromatic carbocycles. The Kier molecular flexibility index (Phi) is 11.8. The third-order valence-electron chi connectivity index (χ3n) is 20.6. The number of hydrogen-bond acceptors (Lipinski definition) is 6. The molecule has 0 N–H and O–H groups in total. The Labute approximate surface area is 562 Å². The molecule has 0 amide bonds. The highest BCUT2D eigenvalue weighted by molar-refractivity contribution is 7.26. The Morgan fingerprint density at radius 3 is 1.82 bits per heavy atom. The van der Waals surface area contributed by atoms with Gasteiger partial charge in [-0.2, -0.15) is 0 Å². The number of rotatable bonds is 8. The lowest BCUT2D eigenvalue weighted by Crippen LogP contribution is -2.33. The first-order valence-electron chi connectivity index (χ1n) is 32.4. The summed E-state index contributed by atoms with van der Waals surface area (Å²) >= 11 is 11.1. The normalized spacial score (nSPS) is 14.7. The van der Waals surface area contributed by atoms with Crippen LogP contribution in [0.4, 0.5) is 34.1 Å². The minimum absolute atomic E-state index is 0.139. The van der Waals surface area contributed by atoms with E-state index in [2.05, 4.69) is 309 Å². The molecule has 448 valence electrons. The zero-order valence-corrected chi connectivity index (χ0v) is 54.1. The molecular weight excluding hydrogens is 1220 g/mol. The number of hydrogen-bond donors (Lipinski definition) is 0. The largest absolute Gasteiger partial charge is 0.456 e. The number of para-hydroxylation sites is 4. The highest BCUT2D eigenvalue weighted by atomic mass is 35.5. The van der Waals surface area contributed by atoms with Gasteiger partial charge in [0.25, 0.3) is 0 Å². The van der Waals surface area contributed by atoms with E-state index >= 15 is 0 Å². The van der Waals surface area contributed by atoms with Crippen LogP contribution in [0.25, 0.3) is 107 Å². The summed E-state index contributed by atoms with van der Waals surface area (Å²) in [6.07, 6.45) is 0. The lowest BCUT2D eigenvalue weighted by atomic mass is 9.66. The Balaban J connectivity index is 0.843. The van der Waals surface area contributed by atoms with Gasteiger partial charge in [0.15, 0.2) is 5.75 Å². The second kappa shape index (κ2) is 20.5. The predicted molar refractivity (Wildman–Crippen MR) is 400 cm³/mol. The van der Waals surface area contributed by atoms with Gasteiger partial charge in [-0.05, 0) is 158 Å². The van der Waals surface area contributed by atoms with E-state index in [0.29, 0.717) is 5.02 Å². The van der Waals surface area contributed by atoms with E-state index in [1.54, 1.807) is 0 Å². The van der Waals surface area contributed by atoms with E-state index in [-0.39, 0.29) is 5.41 Å². The lowest BCUT2D eigenvalue weighted by molar-refractivity contribution is 0.437. The number of thiophene rings is 2. The van der Waals surface area contributed by atoms with Gasteiger partial charge in [-0.3, -0.25) is 0 Å². The maximum atomic E-state index is 7.67. The highest BCUT2D eigenvalue weighted by Gasteiger charge is 2.52. The number of fused-ring (bicyclic) bond motifs is 21. The van der Waals surface area contributed by atoms with E-state index in [9.17, 15) is 0 Å². The van der Waals surface area contributed by atoms with E-state index < -0.39 is 5.41 Å². The molecule has 95 heavy (non-hydrogen) atoms. The molecule has 1 unspecified atom stereocenters. The van der Waals surface area contributed by atoms with Crippen molar-refractivity contribution in [2.45, 2.75) is 24.7 Å². The van der Waals surface area contributed by atoms with E-state index in [0.717, 1.165) is 112 Å². The van der Waals surface area contributed by atoms with Crippen LogP contribution in [0.5, 0.6) is 11.5 Å². The number of benzene rings is 14. The van der Waals surface area contributed by atoms with Crippen molar-refractivity contribution in [2.24, 2.45) is 0 Å². The van der Waals surface area contributed by atoms with E-state index in [1.807, 2.05) is 34.8 Å². The summed E-state index contributed by atoms with van der Waals surface area (Å²) in [5.74, 6) is 1.52. The average molecular weight is 1270 g/mol. The van der Waals surface area contributed by atoms with Crippen molar-refractivity contribution < 1.29 is 9.15 Å². The molecule has 7 heteroatoms. The second-order valence-corrected chi connectivity index (χ2v) is 28.4. The maximum Gasteiger partial charge on any atom is 0.156 e. The predicted octanol–water partition coefficient (Wildman–Crippen LogP) is 26.0. The van der Waals surface area contributed by atoms with E-state index in [4.69, 9.17) is 20.8 Å². The molecule has 1 atom stereocenters. The molecule has 2 aliphatic carbocycles. The fourth-order valence-corrected chi connectivity index (χ4v) is 19.0. The Morgan fingerprint density at radius 2 is 0.968 bits per heavy atom. The molecule has 1 spiro atoms. The smallest absolute Gasteiger partial charge is 0.156 e. The molecule has 20 rings (SSSR count). The fourth-order valence-electron chi connectivity index (χ4n) is 16.5. The zero-order valence-electron chi connectivity index (χ0n) is 51.7. The molecule has 17 aromatic rings. The van der Waals surface area contributed by atoms with Gasteiger partial charge in [0.1, 0.15) is 16.9 Å². The fraction of sp³-hybridized carbons (Fsp3) is 0.0455. The number of ether oxygens (including phenoxy) is 1. The summed E-state index contributed by atoms with van der Waals surface area (Å²) in [7, 11) is 0. The third kappa shape index (κ3) is 7.82. The van der Waals surface area contributed by atoms with Gasteiger partial charge in [0, 0.05) is 101 Å². The highest BCUT2D eigenvalue weighted by Crippen LogP contribution is 2.66. The molecule has 4 heterocycles. The molecular formula is C88H55ClN2O2S2. The van der Waals surface area contributed by atoms with Crippen LogP contribution in [0.3, 0.4) is 0 Å². The summed E-state index contributed by atoms with van der Waals surface area (Å²) in [4.78, 5) is 4.90. The molecule has 0 bridgehead atoms. The van der Waals surface area contributed by atoms with Crippen LogP contribution in [-0.4, -0.2) is 0 Å². The first-order chi connectivity index (χ1) is 46.8. The molecule has 3 aromatic heterocycles. The topological polar surface area (TPSA) is 28.9 Å². The van der Waals surface area contributed by atoms with Crippen LogP contribution in [0.1, 0.15) is 47.2 Å². The van der Waals surface area contributed by atoms with E-state index in [1.165, 1.54) is 73.7 Å². The zero-order chi connectivity index (χ0) is 62.8. The number of furan rings is 1. The number of nitrogens with zero attached hydrogens (tertiary/aromatic N) is 2. The van der Waals surface area contributed by atoms with Crippen LogP contribution < -0.4 is 14.5 Å². The summed E-state index contributed by atoms with van der Waals surface area (Å²) in [5.41, 5.74) is 23.1. The number of halogens is 1. The van der Waals surface area contributed by atoms with Crippen molar-refractivity contribution in [3.63, 3.8) is 0 Å². The minimum Gasteiger partial charge on any atom is -0.456 e. The molecule has 4 nitrogen and oxygen atoms in total. The maximum absolute atomic E-state index is 7.67. The third-order valence-corrected chi connectivity index (χ3v) is 23.2. The van der Waals surface area contributed by atoms with Gasteiger partial charge in [-0.25, -0.2) is 0 Å². The number of anilines is 6. The second-order valence-electron chi connectivity index (χ2n) is 25.9. The standard InChI is InChI=1S/C88H55ClN2O2S2/c1-87(2)68-30-13-9-26-63(68)82-61(29-19-32-70(82)87)62-44-45-74(84-65-28-12-18-38-80(65)95-86(62)84)90(54-23-7-4-8-24-54)56-40-43-59-58-42-39-53(89)47-72(58)88(73(59)50-56)69-31-14-16-36-77(69)93-85-71(88)33-20-34-75(85)91(55-41-46-81-67(48-55)60-25-11-17-37-79(60)94-81)57-49-66(52-21-5-3-6-22-52)83-64-27-10-15-35-76(64)92-78(83)51-57/h3-51H,1-2H3. The van der Waals surface area contributed by atoms with Crippen molar-refractivity contribution in [1.82, 2.24) is 0 Å². The van der Waals surface area contributed by atoms with Crippen LogP contribution in [0.2, 0.25) is 5.02 Å². The van der Waals surface area contributed by atoms with Gasteiger partial charge < -0.3 is 19.0 Å². The van der Waals surface area contributed by atoms with Crippen LogP contribution >= 0.6 is 34.3 Å². The van der Waals surface area contributed by atoms with Gasteiger partial charge in [-0.15, -0.1) is 22.7 Å². The summed E-state index contributed by atoms with van der Waals surface area (Å²) in [6.45, 7) is 4.74. The minimum atomic E-state index is -0.933. The molecule has 0 saturated carbocycles. The van der Waals surface area contributed by atoms with Crippen LogP contribution in [0, 0.1) is 0 Å². The quantitative estimate of drug-likeness (QED) is 0.152. The Morgan fingerprint density at radius 1 is 0.347 bits per heavy atom. The van der Waals surface area contributed by atoms with Crippen LogP contribution in [-0.2, 0) is 10.8 Å². The van der Waals surface area contributed by atoms with Crippen molar-refractivity contribution in [3.05, 3.63) is 336 Å². The summed E-state index contributed by atoms with van der Waals surface area (Å²) in [6, 6.07) is 109. The first kappa shape index (κ1) is 54.6. The Hall–Kier alpha value is -11.0. The molecule has 0 fully saturated rings. The Bertz CT molecular complexity index is 6100. The molecule has 0 saturated heterocycles. The van der Waals surface area contributed by atoms with Crippen LogP contribution in [0.15, 0.2) is 302 Å². The average Bonchev–Trinajstić information content (AvgIpc) is 1.57. The SMILES string of the molecule is CC1(C)c2ccccc2-c2c(-c3ccc(N(c4ccccc4)c4ccc5c(c4)C4(c6ccccc6Oc6c(N(c7cc(-c8ccccc8)c8c(c7)oc7ccccc78)c7ccc8sc9ccccc9c8c7)cccc64)c4cc(Cl)ccc4-5)c4c3sc3ccccc34)cccc21. The van der Waals surface area contributed by atoms with Gasteiger partial charge in [-0.1, -0.05) is 220 Å². The van der Waals surface area contributed by atoms with Crippen molar-refractivity contribution in [1.29, 1.82) is 0 Å². The monoisotopic (exact) mass is 1270 g/mol. The molecule has 3 aliphatic rings. The molecule has 0 radical (unpaired) electrons. The molecule has 1 aliphatic heterocycles. The van der Waals surface area contributed by atoms with Crippen molar-refractivity contribution in [2.75, 3.05) is 9.80 Å². The van der Waals surface area contributed by atoms with Gasteiger partial charge in [0.05, 0.1) is 22.5 Å².